The Kier molecular flexibility index (Phi) is 3.81. The number of methoxy groups -OCH3 is 1. The minimum Gasteiger partial charge on any atom is -0.465 e. The summed E-state index contributed by atoms with van der Waals surface area (Å²) < 4.78 is 17.7. The number of alkyl halides is 1. The van der Waals surface area contributed by atoms with E-state index >= 15 is 0 Å². The molecular weight excluding hydrogens is 265 g/mol. The molecule has 0 unspecified atom stereocenters. The number of hydrogen-bond acceptors (Lipinski definition) is 3. The van der Waals surface area contributed by atoms with Crippen LogP contribution >= 0.6 is 15.9 Å². The highest BCUT2D eigenvalue weighted by Crippen LogP contribution is 2.18. The van der Waals surface area contributed by atoms with Crippen LogP contribution in [0.1, 0.15) is 21.5 Å². The highest BCUT2D eigenvalue weighted by molar-refractivity contribution is 9.08. The second kappa shape index (κ2) is 4.89. The Balaban J connectivity index is 3.33. The van der Waals surface area contributed by atoms with E-state index in [2.05, 4.69) is 20.7 Å². The summed E-state index contributed by atoms with van der Waals surface area (Å²) in [6.45, 7) is 0. The first-order valence-corrected chi connectivity index (χ1v) is 5.13. The number of esters is 1. The molecule has 1 aromatic carbocycles. The second-order valence-corrected chi connectivity index (χ2v) is 3.29. The van der Waals surface area contributed by atoms with E-state index in [1.165, 1.54) is 6.07 Å². The summed E-state index contributed by atoms with van der Waals surface area (Å²) in [5.41, 5.74) is 0.537. The van der Waals surface area contributed by atoms with Gasteiger partial charge in [-0.1, -0.05) is 15.9 Å². The molecule has 0 saturated heterocycles. The third-order valence-electron chi connectivity index (χ3n) is 1.86. The lowest BCUT2D eigenvalue weighted by Crippen LogP contribution is -2.06. The predicted molar refractivity (Wildman–Crippen MR) is 55.1 cm³/mol. The smallest absolute Gasteiger partial charge is 0.340 e. The Bertz CT molecular complexity index is 440. The maximum Gasteiger partial charge on any atom is 0.340 e. The molecule has 0 fully saturated rings. The van der Waals surface area contributed by atoms with Crippen LogP contribution in [-0.2, 0) is 10.1 Å². The predicted octanol–water partition coefficient (Wildman–Crippen LogP) is 2.38. The monoisotopic (exact) mass is 271 g/mol. The quantitative estimate of drug-likeness (QED) is 0.613. The summed E-state index contributed by atoms with van der Waals surface area (Å²) >= 11 is 3.13. The summed E-state index contributed by atoms with van der Waals surface area (Å²) in [4.78, 5) is 11.1. The fourth-order valence-electron chi connectivity index (χ4n) is 1.10. The minimum atomic E-state index is -0.787. The van der Waals surface area contributed by atoms with Crippen LogP contribution in [0.5, 0.6) is 0 Å². The first-order chi connectivity index (χ1) is 7.13. The van der Waals surface area contributed by atoms with E-state index in [-0.39, 0.29) is 11.1 Å². The van der Waals surface area contributed by atoms with Crippen LogP contribution in [0.4, 0.5) is 4.39 Å². The standard InChI is InChI=1S/C10H7BrFNO2/c1-15-10(14)8-2-7(5-13)6(4-11)3-9(8)12/h2-3H,4H2,1H3. The van der Waals surface area contributed by atoms with Gasteiger partial charge in [-0.25, -0.2) is 9.18 Å². The lowest BCUT2D eigenvalue weighted by molar-refractivity contribution is 0.0595. The van der Waals surface area contributed by atoms with Crippen molar-refractivity contribution in [1.82, 2.24) is 0 Å². The Labute approximate surface area is 94.6 Å². The van der Waals surface area contributed by atoms with Gasteiger partial charge in [0.05, 0.1) is 24.3 Å². The number of carbonyl (C=O) groups is 1. The molecule has 0 aliphatic heterocycles. The molecule has 0 bridgehead atoms. The molecule has 0 atom stereocenters. The third-order valence-corrected chi connectivity index (χ3v) is 2.47. The van der Waals surface area contributed by atoms with Gasteiger partial charge < -0.3 is 4.74 Å². The van der Waals surface area contributed by atoms with Crippen LogP contribution in [0.25, 0.3) is 0 Å². The van der Waals surface area contributed by atoms with Crippen molar-refractivity contribution >= 4 is 21.9 Å². The van der Waals surface area contributed by atoms with E-state index < -0.39 is 11.8 Å². The molecule has 1 aromatic rings. The second-order valence-electron chi connectivity index (χ2n) is 2.73. The average molecular weight is 272 g/mol. The fourth-order valence-corrected chi connectivity index (χ4v) is 1.56. The molecule has 15 heavy (non-hydrogen) atoms. The largest absolute Gasteiger partial charge is 0.465 e. The molecule has 5 heteroatoms. The van der Waals surface area contributed by atoms with Gasteiger partial charge in [0.2, 0.25) is 0 Å². The molecular formula is C10H7BrFNO2. The maximum absolute atomic E-state index is 13.4. The van der Waals surface area contributed by atoms with Crippen molar-refractivity contribution in [2.75, 3.05) is 7.11 Å². The van der Waals surface area contributed by atoms with E-state index in [4.69, 9.17) is 5.26 Å². The van der Waals surface area contributed by atoms with E-state index in [1.54, 1.807) is 0 Å². The Morgan fingerprint density at radius 3 is 2.80 bits per heavy atom. The van der Waals surface area contributed by atoms with Crippen LogP contribution in [-0.4, -0.2) is 13.1 Å². The summed E-state index contributed by atoms with van der Waals surface area (Å²) in [6.07, 6.45) is 0. The van der Waals surface area contributed by atoms with Crippen molar-refractivity contribution in [3.05, 3.63) is 34.6 Å². The summed E-state index contributed by atoms with van der Waals surface area (Å²) in [5.74, 6) is -1.47. The number of ether oxygens (including phenoxy) is 1. The van der Waals surface area contributed by atoms with Crippen molar-refractivity contribution in [3.63, 3.8) is 0 Å². The Hall–Kier alpha value is -1.41. The number of benzene rings is 1. The van der Waals surface area contributed by atoms with Gasteiger partial charge in [-0.3, -0.25) is 0 Å². The van der Waals surface area contributed by atoms with E-state index in [0.717, 1.165) is 13.2 Å². The molecule has 0 radical (unpaired) electrons. The van der Waals surface area contributed by atoms with Crippen molar-refractivity contribution in [3.8, 4) is 6.07 Å². The van der Waals surface area contributed by atoms with Crippen molar-refractivity contribution in [2.24, 2.45) is 0 Å². The number of nitriles is 1. The molecule has 0 aliphatic carbocycles. The fraction of sp³-hybridized carbons (Fsp3) is 0.200. The molecule has 1 rings (SSSR count). The van der Waals surface area contributed by atoms with Crippen LogP contribution < -0.4 is 0 Å². The lowest BCUT2D eigenvalue weighted by atomic mass is 10.1. The maximum atomic E-state index is 13.4. The van der Waals surface area contributed by atoms with Gasteiger partial charge in [-0.2, -0.15) is 5.26 Å². The highest BCUT2D eigenvalue weighted by atomic mass is 79.9. The Morgan fingerprint density at radius 1 is 1.67 bits per heavy atom. The first kappa shape index (κ1) is 11.7. The van der Waals surface area contributed by atoms with Crippen LogP contribution in [0.3, 0.4) is 0 Å². The Morgan fingerprint density at radius 2 is 2.33 bits per heavy atom. The molecule has 0 N–H and O–H groups in total. The minimum absolute atomic E-state index is 0.223. The van der Waals surface area contributed by atoms with Crippen LogP contribution in [0.15, 0.2) is 12.1 Å². The van der Waals surface area contributed by atoms with Gasteiger partial charge in [0.1, 0.15) is 5.82 Å². The lowest BCUT2D eigenvalue weighted by Gasteiger charge is -2.04. The number of carbonyl (C=O) groups excluding carboxylic acids is 1. The first-order valence-electron chi connectivity index (χ1n) is 4.00. The van der Waals surface area contributed by atoms with Crippen molar-refractivity contribution in [2.45, 2.75) is 5.33 Å². The molecule has 3 nitrogen and oxygen atoms in total. The number of halogens is 2. The van der Waals surface area contributed by atoms with Gasteiger partial charge in [0, 0.05) is 5.33 Å². The van der Waals surface area contributed by atoms with Gasteiger partial charge in [-0.05, 0) is 17.7 Å². The van der Waals surface area contributed by atoms with Gasteiger partial charge in [-0.15, -0.1) is 0 Å². The summed E-state index contributed by atoms with van der Waals surface area (Å²) in [5, 5.41) is 9.13. The van der Waals surface area contributed by atoms with Gasteiger partial charge in [0.25, 0.3) is 0 Å². The zero-order valence-corrected chi connectivity index (χ0v) is 9.47. The molecule has 0 saturated carbocycles. The van der Waals surface area contributed by atoms with Crippen LogP contribution in [0, 0.1) is 17.1 Å². The molecule has 0 aliphatic rings. The van der Waals surface area contributed by atoms with Gasteiger partial charge >= 0.3 is 5.97 Å². The average Bonchev–Trinajstić information content (AvgIpc) is 2.27. The highest BCUT2D eigenvalue weighted by Gasteiger charge is 2.15. The molecule has 0 aromatic heterocycles. The summed E-state index contributed by atoms with van der Waals surface area (Å²) in [6, 6.07) is 4.23. The number of hydrogen-bond donors (Lipinski definition) is 0. The third kappa shape index (κ3) is 2.34. The zero-order chi connectivity index (χ0) is 11.4. The molecule has 0 heterocycles. The normalized spacial score (nSPS) is 9.47. The number of nitrogens with zero attached hydrogens (tertiary/aromatic N) is 1. The van der Waals surface area contributed by atoms with Gasteiger partial charge in [0.15, 0.2) is 0 Å². The van der Waals surface area contributed by atoms with Crippen molar-refractivity contribution in [1.29, 1.82) is 5.26 Å². The van der Waals surface area contributed by atoms with E-state index in [1.807, 2.05) is 6.07 Å². The molecule has 78 valence electrons. The topological polar surface area (TPSA) is 50.1 Å². The molecule has 0 spiro atoms. The zero-order valence-electron chi connectivity index (χ0n) is 7.88. The van der Waals surface area contributed by atoms with E-state index in [0.29, 0.717) is 10.9 Å². The SMILES string of the molecule is COC(=O)c1cc(C#N)c(CBr)cc1F. The van der Waals surface area contributed by atoms with E-state index in [9.17, 15) is 9.18 Å². The van der Waals surface area contributed by atoms with Crippen molar-refractivity contribution < 1.29 is 13.9 Å². The molecule has 0 amide bonds. The van der Waals surface area contributed by atoms with Crippen LogP contribution in [0.2, 0.25) is 0 Å². The summed E-state index contributed by atoms with van der Waals surface area (Å²) in [7, 11) is 1.16. The number of rotatable bonds is 2.